The molecule has 1 atom stereocenters. The van der Waals surface area contributed by atoms with Gasteiger partial charge in [0.05, 0.1) is 13.1 Å². The second-order valence-corrected chi connectivity index (χ2v) is 7.39. The maximum Gasteiger partial charge on any atom is 0.254 e. The van der Waals surface area contributed by atoms with Crippen molar-refractivity contribution < 1.29 is 14.3 Å². The van der Waals surface area contributed by atoms with Crippen LogP contribution in [0.5, 0.6) is 0 Å². The number of carbonyl (C=O) groups excluding carboxylic acids is 1. The monoisotopic (exact) mass is 339 g/mol. The molecule has 2 fully saturated rings. The number of ether oxygens (including phenoxy) is 2. The molecule has 0 aliphatic carbocycles. The normalized spacial score (nSPS) is 22.1. The molecule has 2 aromatic carbocycles. The summed E-state index contributed by atoms with van der Waals surface area (Å²) >= 11 is 0. The van der Waals surface area contributed by atoms with Crippen molar-refractivity contribution in [1.82, 2.24) is 4.90 Å². The fourth-order valence-electron chi connectivity index (χ4n) is 4.18. The number of hydrogen-bond donors (Lipinski definition) is 0. The third-order valence-electron chi connectivity index (χ3n) is 5.57. The van der Waals surface area contributed by atoms with E-state index in [-0.39, 0.29) is 11.5 Å². The first-order chi connectivity index (χ1) is 12.2. The Morgan fingerprint density at radius 1 is 1.24 bits per heavy atom. The number of hydrogen-bond acceptors (Lipinski definition) is 3. The Balaban J connectivity index is 1.41. The van der Waals surface area contributed by atoms with Crippen molar-refractivity contribution in [2.24, 2.45) is 5.92 Å². The molecule has 0 unspecified atom stereocenters. The van der Waals surface area contributed by atoms with Gasteiger partial charge >= 0.3 is 0 Å². The highest BCUT2D eigenvalue weighted by Gasteiger charge is 2.49. The third-order valence-corrected chi connectivity index (χ3v) is 5.57. The summed E-state index contributed by atoms with van der Waals surface area (Å²) in [6.45, 7) is 3.02. The molecule has 4 nitrogen and oxygen atoms in total. The van der Waals surface area contributed by atoms with Crippen LogP contribution in [0.4, 0.5) is 0 Å². The van der Waals surface area contributed by atoms with Crippen molar-refractivity contribution in [3.8, 4) is 0 Å². The predicted molar refractivity (Wildman–Crippen MR) is 97.8 cm³/mol. The Labute approximate surface area is 148 Å². The number of carbonyl (C=O) groups is 1. The molecule has 2 aliphatic rings. The molecule has 2 heterocycles. The highest BCUT2D eigenvalue weighted by Crippen LogP contribution is 2.38. The molecule has 132 valence electrons. The molecule has 2 saturated heterocycles. The van der Waals surface area contributed by atoms with Crippen molar-refractivity contribution in [2.75, 3.05) is 33.4 Å². The number of rotatable bonds is 4. The van der Waals surface area contributed by atoms with E-state index < -0.39 is 0 Å². The van der Waals surface area contributed by atoms with Crippen LogP contribution in [0.3, 0.4) is 0 Å². The SMILES string of the molecule is COCC[C@H]1CCOC2(C1)CN(C(=O)c1ccc3ccccc3c1)C2. The minimum atomic E-state index is -0.122. The lowest BCUT2D eigenvalue weighted by Crippen LogP contribution is -2.66. The van der Waals surface area contributed by atoms with Gasteiger partial charge in [0.25, 0.3) is 5.91 Å². The van der Waals surface area contributed by atoms with Gasteiger partial charge in [-0.15, -0.1) is 0 Å². The molecule has 4 heteroatoms. The van der Waals surface area contributed by atoms with E-state index in [1.54, 1.807) is 7.11 Å². The highest BCUT2D eigenvalue weighted by atomic mass is 16.5. The number of benzene rings is 2. The van der Waals surface area contributed by atoms with Crippen LogP contribution in [0.25, 0.3) is 10.8 Å². The van der Waals surface area contributed by atoms with Gasteiger partial charge in [-0.05, 0) is 48.1 Å². The summed E-state index contributed by atoms with van der Waals surface area (Å²) in [6.07, 6.45) is 3.22. The summed E-state index contributed by atoms with van der Waals surface area (Å²) in [5.41, 5.74) is 0.642. The van der Waals surface area contributed by atoms with Gasteiger partial charge in [0.2, 0.25) is 0 Å². The van der Waals surface area contributed by atoms with Gasteiger partial charge in [-0.2, -0.15) is 0 Å². The Morgan fingerprint density at radius 3 is 2.84 bits per heavy atom. The molecule has 0 bridgehead atoms. The van der Waals surface area contributed by atoms with E-state index in [0.717, 1.165) is 48.8 Å². The van der Waals surface area contributed by atoms with Crippen molar-refractivity contribution in [3.05, 3.63) is 48.0 Å². The first-order valence-corrected chi connectivity index (χ1v) is 9.10. The fraction of sp³-hybridized carbons (Fsp3) is 0.476. The Morgan fingerprint density at radius 2 is 2.04 bits per heavy atom. The summed E-state index contributed by atoms with van der Waals surface area (Å²) in [7, 11) is 1.75. The van der Waals surface area contributed by atoms with Crippen molar-refractivity contribution in [3.63, 3.8) is 0 Å². The second kappa shape index (κ2) is 6.77. The largest absolute Gasteiger partial charge is 0.385 e. The van der Waals surface area contributed by atoms with Crippen LogP contribution < -0.4 is 0 Å². The molecular weight excluding hydrogens is 314 g/mol. The van der Waals surface area contributed by atoms with Crippen LogP contribution in [-0.4, -0.2) is 49.8 Å². The number of amides is 1. The van der Waals surface area contributed by atoms with E-state index in [4.69, 9.17) is 9.47 Å². The van der Waals surface area contributed by atoms with Gasteiger partial charge in [0.15, 0.2) is 0 Å². The van der Waals surface area contributed by atoms with E-state index in [1.165, 1.54) is 0 Å². The average molecular weight is 339 g/mol. The summed E-state index contributed by atoms with van der Waals surface area (Å²) in [4.78, 5) is 14.7. The first-order valence-electron chi connectivity index (χ1n) is 9.10. The Bertz CT molecular complexity index is 767. The highest BCUT2D eigenvalue weighted by molar-refractivity contribution is 5.99. The van der Waals surface area contributed by atoms with Crippen LogP contribution >= 0.6 is 0 Å². The third kappa shape index (κ3) is 3.29. The summed E-state index contributed by atoms with van der Waals surface area (Å²) in [5, 5.41) is 2.27. The standard InChI is InChI=1S/C21H25NO3/c1-24-10-8-16-9-11-25-21(13-16)14-22(15-21)20(23)19-7-6-17-4-2-3-5-18(17)12-19/h2-7,12,16H,8-11,13-15H2,1H3/t16-/m0/s1. The Kier molecular flexibility index (Phi) is 4.48. The quantitative estimate of drug-likeness (QED) is 0.856. The minimum Gasteiger partial charge on any atom is -0.385 e. The van der Waals surface area contributed by atoms with Crippen molar-refractivity contribution in [2.45, 2.75) is 24.9 Å². The molecule has 2 aromatic rings. The number of methoxy groups -OCH3 is 1. The molecular formula is C21H25NO3. The van der Waals surface area contributed by atoms with E-state index in [2.05, 4.69) is 6.07 Å². The van der Waals surface area contributed by atoms with Crippen LogP contribution in [0.1, 0.15) is 29.6 Å². The van der Waals surface area contributed by atoms with Gasteiger partial charge in [0, 0.05) is 25.9 Å². The zero-order chi connectivity index (χ0) is 17.3. The fourth-order valence-corrected chi connectivity index (χ4v) is 4.18. The molecule has 4 rings (SSSR count). The Hall–Kier alpha value is -1.91. The van der Waals surface area contributed by atoms with E-state index >= 15 is 0 Å². The molecule has 0 aromatic heterocycles. The first kappa shape index (κ1) is 16.6. The van der Waals surface area contributed by atoms with Gasteiger partial charge in [-0.1, -0.05) is 30.3 Å². The topological polar surface area (TPSA) is 38.8 Å². The van der Waals surface area contributed by atoms with Gasteiger partial charge < -0.3 is 14.4 Å². The summed E-state index contributed by atoms with van der Waals surface area (Å²) in [6, 6.07) is 14.1. The molecule has 2 aliphatic heterocycles. The molecule has 25 heavy (non-hydrogen) atoms. The van der Waals surface area contributed by atoms with E-state index in [9.17, 15) is 4.79 Å². The van der Waals surface area contributed by atoms with Crippen LogP contribution in [-0.2, 0) is 9.47 Å². The number of nitrogens with zero attached hydrogens (tertiary/aromatic N) is 1. The van der Waals surface area contributed by atoms with Crippen LogP contribution in [0.2, 0.25) is 0 Å². The second-order valence-electron chi connectivity index (χ2n) is 7.39. The lowest BCUT2D eigenvalue weighted by molar-refractivity contribution is -0.167. The van der Waals surface area contributed by atoms with Crippen molar-refractivity contribution >= 4 is 16.7 Å². The zero-order valence-corrected chi connectivity index (χ0v) is 14.7. The van der Waals surface area contributed by atoms with Crippen molar-refractivity contribution in [1.29, 1.82) is 0 Å². The number of fused-ring (bicyclic) bond motifs is 1. The molecule has 0 N–H and O–H groups in total. The number of likely N-dealkylation sites (tertiary alicyclic amines) is 1. The lowest BCUT2D eigenvalue weighted by Gasteiger charge is -2.53. The maximum absolute atomic E-state index is 12.8. The van der Waals surface area contributed by atoms with Gasteiger partial charge in [0.1, 0.15) is 5.60 Å². The van der Waals surface area contributed by atoms with E-state index in [1.807, 2.05) is 41.3 Å². The minimum absolute atomic E-state index is 0.110. The van der Waals surface area contributed by atoms with Gasteiger partial charge in [-0.25, -0.2) is 0 Å². The molecule has 0 radical (unpaired) electrons. The summed E-state index contributed by atoms with van der Waals surface area (Å²) in [5.74, 6) is 0.755. The predicted octanol–water partition coefficient (Wildman–Crippen LogP) is 3.50. The van der Waals surface area contributed by atoms with Crippen LogP contribution in [0, 0.1) is 5.92 Å². The smallest absolute Gasteiger partial charge is 0.254 e. The zero-order valence-electron chi connectivity index (χ0n) is 14.7. The van der Waals surface area contributed by atoms with Crippen LogP contribution in [0.15, 0.2) is 42.5 Å². The molecule has 0 saturated carbocycles. The molecule has 1 spiro atoms. The maximum atomic E-state index is 12.8. The summed E-state index contributed by atoms with van der Waals surface area (Å²) < 4.78 is 11.3. The lowest BCUT2D eigenvalue weighted by atomic mass is 9.79. The van der Waals surface area contributed by atoms with Gasteiger partial charge in [-0.3, -0.25) is 4.79 Å². The molecule has 1 amide bonds. The average Bonchev–Trinajstić information content (AvgIpc) is 2.63. The van der Waals surface area contributed by atoms with E-state index in [0.29, 0.717) is 19.0 Å².